The zero-order valence-corrected chi connectivity index (χ0v) is 21.4. The number of nitrogens with one attached hydrogen (secondary N) is 2. The lowest BCUT2D eigenvalue weighted by Crippen LogP contribution is -2.39. The molecule has 0 fully saturated rings. The first kappa shape index (κ1) is 26.5. The van der Waals surface area contributed by atoms with Gasteiger partial charge in [-0.25, -0.2) is 9.78 Å². The summed E-state index contributed by atoms with van der Waals surface area (Å²) in [5.74, 6) is 0.588. The lowest BCUT2D eigenvalue weighted by molar-refractivity contribution is -0.118. The summed E-state index contributed by atoms with van der Waals surface area (Å²) in [6.07, 6.45) is 0.340. The molecule has 0 atom stereocenters. The highest BCUT2D eigenvalue weighted by Gasteiger charge is 2.18. The van der Waals surface area contributed by atoms with Crippen LogP contribution >= 0.6 is 22.9 Å². The van der Waals surface area contributed by atoms with Crippen molar-refractivity contribution in [2.75, 3.05) is 29.9 Å². The van der Waals surface area contributed by atoms with Crippen LogP contribution in [0.4, 0.5) is 15.6 Å². The molecule has 3 aromatic rings. The second-order valence-corrected chi connectivity index (χ2v) is 9.64. The van der Waals surface area contributed by atoms with Gasteiger partial charge in [0.15, 0.2) is 5.13 Å². The van der Waals surface area contributed by atoms with Crippen molar-refractivity contribution in [1.82, 2.24) is 10.3 Å². The normalized spacial score (nSPS) is 11.1. The summed E-state index contributed by atoms with van der Waals surface area (Å²) < 4.78 is 5.75. The topological polar surface area (TPSA) is 104 Å². The van der Waals surface area contributed by atoms with Crippen molar-refractivity contribution in [1.29, 1.82) is 0 Å². The number of aromatic nitrogens is 1. The summed E-state index contributed by atoms with van der Waals surface area (Å²) >= 11 is 7.37. The second kappa shape index (κ2) is 12.0. The summed E-state index contributed by atoms with van der Waals surface area (Å²) in [5, 5.41) is 17.7. The van der Waals surface area contributed by atoms with Gasteiger partial charge in [0.25, 0.3) is 0 Å². The van der Waals surface area contributed by atoms with Gasteiger partial charge >= 0.3 is 6.03 Å². The van der Waals surface area contributed by atoms with E-state index in [1.54, 1.807) is 43.9 Å². The first-order valence-corrected chi connectivity index (χ1v) is 12.4. The van der Waals surface area contributed by atoms with E-state index in [4.69, 9.17) is 16.3 Å². The highest BCUT2D eigenvalue weighted by molar-refractivity contribution is 7.14. The zero-order valence-electron chi connectivity index (χ0n) is 19.9. The molecule has 0 saturated carbocycles. The van der Waals surface area contributed by atoms with Crippen LogP contribution in [0.2, 0.25) is 5.02 Å². The van der Waals surface area contributed by atoms with E-state index in [1.807, 2.05) is 35.7 Å². The number of aliphatic hydroxyl groups excluding tert-OH is 1. The number of aliphatic hydroxyl groups is 1. The van der Waals surface area contributed by atoms with Gasteiger partial charge in [-0.2, -0.15) is 0 Å². The van der Waals surface area contributed by atoms with E-state index in [-0.39, 0.29) is 19.1 Å². The van der Waals surface area contributed by atoms with Crippen LogP contribution < -0.4 is 20.3 Å². The molecule has 3 rings (SSSR count). The summed E-state index contributed by atoms with van der Waals surface area (Å²) in [6, 6.07) is 14.0. The number of urea groups is 1. The molecule has 0 aliphatic rings. The van der Waals surface area contributed by atoms with Crippen molar-refractivity contribution in [2.45, 2.75) is 32.8 Å². The summed E-state index contributed by atoms with van der Waals surface area (Å²) in [7, 11) is 0. The minimum Gasteiger partial charge on any atom is -0.485 e. The fraction of sp³-hybridized carbons (Fsp3) is 0.320. The minimum atomic E-state index is -0.665. The SMILES string of the molecule is CCC(=O)N(CCNC(=O)Nc1nc(-c2ccc(OC(C)(C)CO)cc2)cs1)c1cccc(Cl)c1. The van der Waals surface area contributed by atoms with Crippen LogP contribution in [0.1, 0.15) is 27.2 Å². The van der Waals surface area contributed by atoms with Crippen molar-refractivity contribution in [3.63, 3.8) is 0 Å². The Balaban J connectivity index is 1.54. The number of nitrogens with zero attached hydrogens (tertiary/aromatic N) is 2. The highest BCUT2D eigenvalue weighted by Crippen LogP contribution is 2.27. The zero-order chi connectivity index (χ0) is 25.4. The lowest BCUT2D eigenvalue weighted by Gasteiger charge is -2.23. The Morgan fingerprint density at radius 3 is 2.60 bits per heavy atom. The number of ether oxygens (including phenoxy) is 1. The number of thiazole rings is 1. The van der Waals surface area contributed by atoms with Crippen LogP contribution in [0.15, 0.2) is 53.9 Å². The molecular formula is C25H29ClN4O4S. The standard InChI is InChI=1S/C25H29ClN4O4S/c1-4-22(32)30(19-7-5-6-18(26)14-19)13-12-27-23(33)29-24-28-21(15-35-24)17-8-10-20(11-9-17)34-25(2,3)16-31/h5-11,14-15,31H,4,12-13,16H2,1-3H3,(H2,27,28,29,33). The second-order valence-electron chi connectivity index (χ2n) is 8.34. The number of hydrogen-bond donors (Lipinski definition) is 3. The molecule has 8 nitrogen and oxygen atoms in total. The molecule has 0 saturated heterocycles. The molecule has 2 aromatic carbocycles. The van der Waals surface area contributed by atoms with Gasteiger partial charge in [-0.15, -0.1) is 11.3 Å². The van der Waals surface area contributed by atoms with Crippen LogP contribution in [0.25, 0.3) is 11.3 Å². The third kappa shape index (κ3) is 7.68. The van der Waals surface area contributed by atoms with Gasteiger partial charge in [0.05, 0.1) is 12.3 Å². The maximum atomic E-state index is 12.4. The van der Waals surface area contributed by atoms with E-state index in [2.05, 4.69) is 15.6 Å². The lowest BCUT2D eigenvalue weighted by atomic mass is 10.1. The average molecular weight is 517 g/mol. The van der Waals surface area contributed by atoms with Gasteiger partial charge in [-0.05, 0) is 56.3 Å². The number of carbonyl (C=O) groups excluding carboxylic acids is 2. The van der Waals surface area contributed by atoms with Crippen LogP contribution in [0.5, 0.6) is 5.75 Å². The Morgan fingerprint density at radius 2 is 1.94 bits per heavy atom. The van der Waals surface area contributed by atoms with Crippen LogP contribution in [-0.2, 0) is 4.79 Å². The molecule has 1 aromatic heterocycles. The number of hydrogen-bond acceptors (Lipinski definition) is 6. The first-order valence-electron chi connectivity index (χ1n) is 11.2. The molecule has 3 N–H and O–H groups in total. The summed E-state index contributed by atoms with van der Waals surface area (Å²) in [5.41, 5.74) is 1.62. The van der Waals surface area contributed by atoms with Crippen LogP contribution in [0, 0.1) is 0 Å². The monoisotopic (exact) mass is 516 g/mol. The fourth-order valence-corrected chi connectivity index (χ4v) is 4.06. The molecular weight excluding hydrogens is 488 g/mol. The predicted octanol–water partition coefficient (Wildman–Crippen LogP) is 5.18. The number of anilines is 2. The van der Waals surface area contributed by atoms with E-state index in [1.165, 1.54) is 11.3 Å². The summed E-state index contributed by atoms with van der Waals surface area (Å²) in [6.45, 7) is 5.88. The maximum absolute atomic E-state index is 12.4. The van der Waals surface area contributed by atoms with E-state index in [0.717, 1.165) is 11.3 Å². The quantitative estimate of drug-likeness (QED) is 0.344. The smallest absolute Gasteiger partial charge is 0.321 e. The fourth-order valence-electron chi connectivity index (χ4n) is 3.16. The molecule has 35 heavy (non-hydrogen) atoms. The van der Waals surface area contributed by atoms with E-state index >= 15 is 0 Å². The number of benzene rings is 2. The molecule has 1 heterocycles. The van der Waals surface area contributed by atoms with Crippen LogP contribution in [-0.4, -0.2) is 47.3 Å². The number of rotatable bonds is 10. The van der Waals surface area contributed by atoms with Crippen molar-refractivity contribution >= 4 is 45.7 Å². The molecule has 0 bridgehead atoms. The predicted molar refractivity (Wildman–Crippen MR) is 140 cm³/mol. The Kier molecular flexibility index (Phi) is 9.08. The largest absolute Gasteiger partial charge is 0.485 e. The molecule has 0 radical (unpaired) electrons. The van der Waals surface area contributed by atoms with Crippen molar-refractivity contribution < 1.29 is 19.4 Å². The third-order valence-electron chi connectivity index (χ3n) is 4.99. The van der Waals surface area contributed by atoms with Gasteiger partial charge in [0, 0.05) is 41.2 Å². The average Bonchev–Trinajstić information content (AvgIpc) is 3.30. The van der Waals surface area contributed by atoms with Crippen molar-refractivity contribution in [3.8, 4) is 17.0 Å². The molecule has 186 valence electrons. The maximum Gasteiger partial charge on any atom is 0.321 e. The Labute approximate surface area is 213 Å². The van der Waals surface area contributed by atoms with Gasteiger partial charge < -0.3 is 20.1 Å². The minimum absolute atomic E-state index is 0.0598. The highest BCUT2D eigenvalue weighted by atomic mass is 35.5. The Bertz CT molecular complexity index is 1150. The molecule has 0 unspecified atom stereocenters. The van der Waals surface area contributed by atoms with Gasteiger partial charge in [-0.3, -0.25) is 10.1 Å². The van der Waals surface area contributed by atoms with Crippen molar-refractivity contribution in [3.05, 3.63) is 58.9 Å². The van der Waals surface area contributed by atoms with Crippen molar-refractivity contribution in [2.24, 2.45) is 0 Å². The van der Waals surface area contributed by atoms with E-state index in [0.29, 0.717) is 34.6 Å². The van der Waals surface area contributed by atoms with E-state index < -0.39 is 11.6 Å². The summed E-state index contributed by atoms with van der Waals surface area (Å²) in [4.78, 5) is 30.8. The number of amides is 3. The molecule has 0 aliphatic carbocycles. The third-order valence-corrected chi connectivity index (χ3v) is 5.99. The molecule has 0 spiro atoms. The van der Waals surface area contributed by atoms with Gasteiger partial charge in [-0.1, -0.05) is 24.6 Å². The van der Waals surface area contributed by atoms with Gasteiger partial charge in [0.2, 0.25) is 5.91 Å². The molecule has 0 aliphatic heterocycles. The van der Waals surface area contributed by atoms with Gasteiger partial charge in [0.1, 0.15) is 11.4 Å². The Morgan fingerprint density at radius 1 is 1.20 bits per heavy atom. The van der Waals surface area contributed by atoms with Crippen LogP contribution in [0.3, 0.4) is 0 Å². The molecule has 3 amide bonds. The first-order chi connectivity index (χ1) is 16.7. The van der Waals surface area contributed by atoms with E-state index in [9.17, 15) is 14.7 Å². The number of halogens is 1. The molecule has 10 heteroatoms. The Hall–Kier alpha value is -3.14. The number of carbonyl (C=O) groups is 2.